The van der Waals surface area contributed by atoms with Crippen molar-refractivity contribution in [2.45, 2.75) is 13.3 Å². The highest BCUT2D eigenvalue weighted by Crippen LogP contribution is 2.03. The van der Waals surface area contributed by atoms with Crippen molar-refractivity contribution >= 4 is 17.9 Å². The fraction of sp³-hybridized carbons (Fsp3) is 0.222. The highest BCUT2D eigenvalue weighted by atomic mass is 16.5. The molecular weight excluding hydrogens is 204 g/mol. The second-order valence-electron chi connectivity index (χ2n) is 2.45. The van der Waals surface area contributed by atoms with Gasteiger partial charge < -0.3 is 14.9 Å². The molecule has 15 heavy (non-hydrogen) atoms. The molecular formula is C9H10O6. The summed E-state index contributed by atoms with van der Waals surface area (Å²) in [6, 6.07) is 0. The van der Waals surface area contributed by atoms with Crippen molar-refractivity contribution in [3.63, 3.8) is 0 Å². The van der Waals surface area contributed by atoms with E-state index in [1.807, 2.05) is 0 Å². The first-order valence-corrected chi connectivity index (χ1v) is 3.94. The fourth-order valence-corrected chi connectivity index (χ4v) is 0.679. The van der Waals surface area contributed by atoms with Crippen molar-refractivity contribution in [1.82, 2.24) is 0 Å². The Morgan fingerprint density at radius 2 is 1.87 bits per heavy atom. The number of aliphatic carboxylic acids is 2. The van der Waals surface area contributed by atoms with Gasteiger partial charge in [-0.15, -0.1) is 0 Å². The Kier molecular flexibility index (Phi) is 5.47. The third-order valence-corrected chi connectivity index (χ3v) is 1.24. The minimum Gasteiger partial charge on any atom is -0.478 e. The van der Waals surface area contributed by atoms with E-state index in [1.54, 1.807) is 6.92 Å². The van der Waals surface area contributed by atoms with Crippen LogP contribution in [-0.4, -0.2) is 28.1 Å². The zero-order valence-corrected chi connectivity index (χ0v) is 7.97. The van der Waals surface area contributed by atoms with Crippen LogP contribution in [0.4, 0.5) is 0 Å². The Morgan fingerprint density at radius 3 is 2.27 bits per heavy atom. The van der Waals surface area contributed by atoms with Crippen molar-refractivity contribution in [3.8, 4) is 0 Å². The lowest BCUT2D eigenvalue weighted by atomic mass is 10.2. The molecule has 0 spiro atoms. The highest BCUT2D eigenvalue weighted by molar-refractivity contribution is 5.98. The van der Waals surface area contributed by atoms with Gasteiger partial charge in [-0.2, -0.15) is 0 Å². The maximum atomic E-state index is 10.9. The minimum absolute atomic E-state index is 0.458. The average molecular weight is 214 g/mol. The summed E-state index contributed by atoms with van der Waals surface area (Å²) < 4.78 is 4.44. The van der Waals surface area contributed by atoms with Crippen molar-refractivity contribution in [1.29, 1.82) is 0 Å². The molecule has 6 nitrogen and oxygen atoms in total. The minimum atomic E-state index is -1.46. The largest absolute Gasteiger partial charge is 0.478 e. The zero-order valence-electron chi connectivity index (χ0n) is 7.97. The molecule has 82 valence electrons. The maximum absolute atomic E-state index is 10.9. The molecule has 0 aromatic carbocycles. The van der Waals surface area contributed by atoms with Crippen LogP contribution in [0.15, 0.2) is 24.0 Å². The SMILES string of the molecule is CC=COC(=O)CC(=CC(=O)O)C(=O)O. The molecule has 0 aromatic heterocycles. The molecule has 0 fully saturated rings. The van der Waals surface area contributed by atoms with E-state index in [1.165, 1.54) is 6.08 Å². The van der Waals surface area contributed by atoms with Crippen LogP contribution in [0.1, 0.15) is 13.3 Å². The van der Waals surface area contributed by atoms with Gasteiger partial charge in [-0.1, -0.05) is 6.08 Å². The van der Waals surface area contributed by atoms with Crippen LogP contribution < -0.4 is 0 Å². The number of hydrogen-bond acceptors (Lipinski definition) is 4. The van der Waals surface area contributed by atoms with Gasteiger partial charge in [-0.25, -0.2) is 9.59 Å². The van der Waals surface area contributed by atoms with E-state index in [0.717, 1.165) is 6.26 Å². The van der Waals surface area contributed by atoms with Crippen LogP contribution in [0.5, 0.6) is 0 Å². The summed E-state index contributed by atoms with van der Waals surface area (Å²) in [4.78, 5) is 31.6. The number of rotatable bonds is 5. The predicted octanol–water partition coefficient (Wildman–Crippen LogP) is 0.549. The predicted molar refractivity (Wildman–Crippen MR) is 48.9 cm³/mol. The Hall–Kier alpha value is -2.11. The number of carbonyl (C=O) groups excluding carboxylic acids is 1. The Morgan fingerprint density at radius 1 is 1.27 bits per heavy atom. The molecule has 0 atom stereocenters. The van der Waals surface area contributed by atoms with Gasteiger partial charge in [0.05, 0.1) is 18.3 Å². The smallest absolute Gasteiger partial charge is 0.332 e. The molecule has 0 radical (unpaired) electrons. The lowest BCUT2D eigenvalue weighted by Gasteiger charge is -1.99. The van der Waals surface area contributed by atoms with Gasteiger partial charge in [-0.05, 0) is 6.92 Å². The highest BCUT2D eigenvalue weighted by Gasteiger charge is 2.14. The number of hydrogen-bond donors (Lipinski definition) is 2. The molecule has 0 aromatic rings. The number of allylic oxidation sites excluding steroid dienone is 1. The van der Waals surface area contributed by atoms with Crippen molar-refractivity contribution in [3.05, 3.63) is 24.0 Å². The second kappa shape index (κ2) is 6.36. The molecule has 0 bridgehead atoms. The van der Waals surface area contributed by atoms with Crippen molar-refractivity contribution in [2.75, 3.05) is 0 Å². The Balaban J connectivity index is 4.50. The molecule has 0 aliphatic carbocycles. The molecule has 0 rings (SSSR count). The molecule has 0 saturated heterocycles. The van der Waals surface area contributed by atoms with E-state index in [-0.39, 0.29) is 0 Å². The molecule has 6 heteroatoms. The standard InChI is InChI=1S/C9H10O6/c1-2-3-15-8(12)5-6(9(13)14)4-7(10)11/h2-4H,5H2,1H3,(H,10,11)(H,13,14). The van der Waals surface area contributed by atoms with E-state index < -0.39 is 29.9 Å². The topological polar surface area (TPSA) is 101 Å². The summed E-state index contributed by atoms with van der Waals surface area (Å²) in [5.74, 6) is -3.72. The summed E-state index contributed by atoms with van der Waals surface area (Å²) >= 11 is 0. The lowest BCUT2D eigenvalue weighted by Crippen LogP contribution is -2.10. The number of carboxylic acid groups (broad SMARTS) is 2. The first-order valence-electron chi connectivity index (χ1n) is 3.94. The van der Waals surface area contributed by atoms with Crippen molar-refractivity contribution in [2.24, 2.45) is 0 Å². The number of carbonyl (C=O) groups is 3. The third-order valence-electron chi connectivity index (χ3n) is 1.24. The molecule has 0 unspecified atom stereocenters. The van der Waals surface area contributed by atoms with Gasteiger partial charge in [0.2, 0.25) is 0 Å². The van der Waals surface area contributed by atoms with Crippen LogP contribution in [0.25, 0.3) is 0 Å². The van der Waals surface area contributed by atoms with Gasteiger partial charge in [0.25, 0.3) is 0 Å². The molecule has 0 aliphatic heterocycles. The average Bonchev–Trinajstić information content (AvgIpc) is 2.12. The summed E-state index contributed by atoms with van der Waals surface area (Å²) in [5, 5.41) is 16.9. The summed E-state index contributed by atoms with van der Waals surface area (Å²) in [6.45, 7) is 1.61. The van der Waals surface area contributed by atoms with E-state index in [9.17, 15) is 14.4 Å². The van der Waals surface area contributed by atoms with Crippen LogP contribution in [0.3, 0.4) is 0 Å². The second-order valence-corrected chi connectivity index (χ2v) is 2.45. The van der Waals surface area contributed by atoms with Crippen LogP contribution in [0, 0.1) is 0 Å². The Labute approximate surface area is 85.5 Å². The molecule has 0 heterocycles. The molecule has 0 saturated carbocycles. The quantitative estimate of drug-likeness (QED) is 0.393. The first kappa shape index (κ1) is 12.9. The van der Waals surface area contributed by atoms with Gasteiger partial charge in [0, 0.05) is 6.08 Å². The van der Waals surface area contributed by atoms with Gasteiger partial charge in [-0.3, -0.25) is 4.79 Å². The molecule has 0 aliphatic rings. The lowest BCUT2D eigenvalue weighted by molar-refractivity contribution is -0.140. The van der Waals surface area contributed by atoms with Crippen molar-refractivity contribution < 1.29 is 29.3 Å². The summed E-state index contributed by atoms with van der Waals surface area (Å²) in [5.41, 5.74) is -0.531. The van der Waals surface area contributed by atoms with E-state index >= 15 is 0 Å². The first-order chi connectivity index (χ1) is 6.97. The van der Waals surface area contributed by atoms with Crippen LogP contribution >= 0.6 is 0 Å². The normalized spacial score (nSPS) is 11.4. The van der Waals surface area contributed by atoms with Gasteiger partial charge in [0.15, 0.2) is 0 Å². The number of carboxylic acids is 2. The molecule has 0 amide bonds. The van der Waals surface area contributed by atoms with Crippen LogP contribution in [0.2, 0.25) is 0 Å². The number of esters is 1. The summed E-state index contributed by atoms with van der Waals surface area (Å²) in [6.07, 6.45) is 2.40. The van der Waals surface area contributed by atoms with Gasteiger partial charge >= 0.3 is 17.9 Å². The molecule has 2 N–H and O–H groups in total. The van der Waals surface area contributed by atoms with Crippen LogP contribution in [-0.2, 0) is 19.1 Å². The number of ether oxygens (including phenoxy) is 1. The fourth-order valence-electron chi connectivity index (χ4n) is 0.679. The van der Waals surface area contributed by atoms with E-state index in [0.29, 0.717) is 6.08 Å². The van der Waals surface area contributed by atoms with E-state index in [4.69, 9.17) is 10.2 Å². The third kappa shape index (κ3) is 6.03. The van der Waals surface area contributed by atoms with Gasteiger partial charge in [0.1, 0.15) is 0 Å². The monoisotopic (exact) mass is 214 g/mol. The maximum Gasteiger partial charge on any atom is 0.332 e. The zero-order chi connectivity index (χ0) is 11.8. The van der Waals surface area contributed by atoms with E-state index in [2.05, 4.69) is 4.74 Å². The Bertz CT molecular complexity index is 325. The summed E-state index contributed by atoms with van der Waals surface area (Å²) in [7, 11) is 0.